The Bertz CT molecular complexity index is 396. The average Bonchev–Trinajstić information content (AvgIpc) is 2.28. The van der Waals surface area contributed by atoms with Gasteiger partial charge in [-0.05, 0) is 37.6 Å². The lowest BCUT2D eigenvalue weighted by Crippen LogP contribution is -2.15. The highest BCUT2D eigenvalue weighted by Gasteiger charge is 2.31. The average molecular weight is 301 g/mol. The minimum absolute atomic E-state index is 0. The molecule has 0 aromatic heterocycles. The molecule has 0 bridgehead atoms. The minimum atomic E-state index is -4.49. The smallest absolute Gasteiger partial charge is 0.330 e. The molecule has 4 N–H and O–H groups in total. The van der Waals surface area contributed by atoms with Crippen LogP contribution in [0.3, 0.4) is 0 Å². The Hall–Kier alpha value is -0.850. The van der Waals surface area contributed by atoms with Gasteiger partial charge in [0.1, 0.15) is 5.82 Å². The van der Waals surface area contributed by atoms with Crippen molar-refractivity contribution >= 4 is 12.4 Å². The first-order valence-corrected chi connectivity index (χ1v) is 5.68. The molecule has 0 saturated heterocycles. The van der Waals surface area contributed by atoms with Gasteiger partial charge in [-0.15, -0.1) is 12.4 Å². The van der Waals surface area contributed by atoms with E-state index >= 15 is 0 Å². The third-order valence-electron chi connectivity index (χ3n) is 2.69. The fraction of sp³-hybridized carbons (Fsp3) is 0.500. The molecule has 1 aromatic rings. The third kappa shape index (κ3) is 5.34. The van der Waals surface area contributed by atoms with Gasteiger partial charge in [0.05, 0.1) is 5.56 Å². The van der Waals surface area contributed by atoms with Crippen LogP contribution in [0.4, 0.5) is 17.6 Å². The number of hydrogen-bond donors (Lipinski definition) is 2. The lowest BCUT2D eigenvalue weighted by Gasteiger charge is -2.15. The minimum Gasteiger partial charge on any atom is -0.330 e. The van der Waals surface area contributed by atoms with Crippen LogP contribution in [0.25, 0.3) is 0 Å². The molecule has 0 fully saturated rings. The Balaban J connectivity index is 0.00000324. The lowest BCUT2D eigenvalue weighted by molar-refractivity contribution is -0.137. The van der Waals surface area contributed by atoms with Crippen LogP contribution in [0.1, 0.15) is 36.4 Å². The quantitative estimate of drug-likeness (QED) is 0.647. The van der Waals surface area contributed by atoms with Crippen LogP contribution in [-0.4, -0.2) is 6.54 Å². The van der Waals surface area contributed by atoms with Crippen molar-refractivity contribution in [3.8, 4) is 0 Å². The van der Waals surface area contributed by atoms with Crippen LogP contribution < -0.4 is 11.5 Å². The zero-order valence-corrected chi connectivity index (χ0v) is 11.0. The molecule has 1 rings (SSSR count). The summed E-state index contributed by atoms with van der Waals surface area (Å²) in [4.78, 5) is 0. The van der Waals surface area contributed by atoms with Crippen molar-refractivity contribution in [3.05, 3.63) is 35.1 Å². The molecule has 0 spiro atoms. The van der Waals surface area contributed by atoms with Gasteiger partial charge < -0.3 is 11.5 Å². The number of nitrogens with two attached hydrogens (primary N) is 2. The van der Waals surface area contributed by atoms with Crippen LogP contribution in [0.5, 0.6) is 0 Å². The summed E-state index contributed by atoms with van der Waals surface area (Å²) in [7, 11) is 0. The highest BCUT2D eigenvalue weighted by atomic mass is 35.5. The molecule has 1 atom stereocenters. The molecule has 0 unspecified atom stereocenters. The predicted octanol–water partition coefficient (Wildman–Crippen LogP) is 3.40. The van der Waals surface area contributed by atoms with Gasteiger partial charge in [-0.25, -0.2) is 4.39 Å². The van der Waals surface area contributed by atoms with Gasteiger partial charge in [0.15, 0.2) is 0 Å². The fourth-order valence-corrected chi connectivity index (χ4v) is 1.67. The van der Waals surface area contributed by atoms with Crippen LogP contribution in [0.2, 0.25) is 0 Å². The molecular formula is C12H17ClF4N2. The zero-order valence-electron chi connectivity index (χ0n) is 10.2. The maximum atomic E-state index is 13.4. The van der Waals surface area contributed by atoms with E-state index in [0.717, 1.165) is 12.1 Å². The summed E-state index contributed by atoms with van der Waals surface area (Å²) in [5, 5.41) is 0. The molecule has 0 radical (unpaired) electrons. The summed E-state index contributed by atoms with van der Waals surface area (Å²) in [5.41, 5.74) is 10.0. The summed E-state index contributed by atoms with van der Waals surface area (Å²) in [6, 6.07) is 1.56. The number of halogens is 5. The summed E-state index contributed by atoms with van der Waals surface area (Å²) >= 11 is 0. The molecule has 0 heterocycles. The van der Waals surface area contributed by atoms with E-state index in [9.17, 15) is 17.6 Å². The van der Waals surface area contributed by atoms with Crippen LogP contribution >= 0.6 is 12.4 Å². The van der Waals surface area contributed by atoms with Crippen molar-refractivity contribution in [2.75, 3.05) is 6.54 Å². The number of benzene rings is 1. The summed E-state index contributed by atoms with van der Waals surface area (Å²) < 4.78 is 50.9. The van der Waals surface area contributed by atoms with Crippen LogP contribution in [0, 0.1) is 5.82 Å². The lowest BCUT2D eigenvalue weighted by atomic mass is 9.99. The normalized spacial score (nSPS) is 12.9. The molecule has 0 amide bonds. The second-order valence-electron chi connectivity index (χ2n) is 4.13. The molecular weight excluding hydrogens is 284 g/mol. The second-order valence-corrected chi connectivity index (χ2v) is 4.13. The van der Waals surface area contributed by atoms with Gasteiger partial charge in [-0.3, -0.25) is 0 Å². The molecule has 0 aliphatic carbocycles. The molecule has 19 heavy (non-hydrogen) atoms. The van der Waals surface area contributed by atoms with E-state index in [-0.39, 0.29) is 18.0 Å². The van der Waals surface area contributed by atoms with E-state index in [1.807, 2.05) is 0 Å². The highest BCUT2D eigenvalue weighted by Crippen LogP contribution is 2.32. The van der Waals surface area contributed by atoms with Crippen molar-refractivity contribution in [2.45, 2.75) is 31.5 Å². The Labute approximate surface area is 115 Å². The fourth-order valence-electron chi connectivity index (χ4n) is 1.67. The summed E-state index contributed by atoms with van der Waals surface area (Å²) in [6.45, 7) is 0.484. The molecule has 0 aliphatic heterocycles. The van der Waals surface area contributed by atoms with Gasteiger partial charge >= 0.3 is 6.18 Å². The SMILES string of the molecule is Cl.NCCCC[C@H](N)c1cc(C(F)(F)F)ccc1F. The molecule has 0 aliphatic rings. The van der Waals surface area contributed by atoms with Gasteiger partial charge in [0.2, 0.25) is 0 Å². The molecule has 2 nitrogen and oxygen atoms in total. The maximum Gasteiger partial charge on any atom is 0.416 e. The summed E-state index contributed by atoms with van der Waals surface area (Å²) in [5.74, 6) is -0.705. The zero-order chi connectivity index (χ0) is 13.8. The monoisotopic (exact) mass is 300 g/mol. The molecule has 7 heteroatoms. The van der Waals surface area contributed by atoms with Crippen molar-refractivity contribution in [1.82, 2.24) is 0 Å². The topological polar surface area (TPSA) is 52.0 Å². The molecule has 0 saturated carbocycles. The van der Waals surface area contributed by atoms with Crippen LogP contribution in [0.15, 0.2) is 18.2 Å². The second kappa shape index (κ2) is 7.67. The standard InChI is InChI=1S/C12H16F4N2.ClH/c13-10-5-4-8(12(14,15)16)7-9(10)11(18)3-1-2-6-17;/h4-5,7,11H,1-3,6,17-18H2;1H/t11-;/m0./s1. The van der Waals surface area contributed by atoms with Gasteiger partial charge in [-0.1, -0.05) is 6.42 Å². The van der Waals surface area contributed by atoms with E-state index in [0.29, 0.717) is 31.9 Å². The van der Waals surface area contributed by atoms with Crippen molar-refractivity contribution < 1.29 is 17.6 Å². The highest BCUT2D eigenvalue weighted by molar-refractivity contribution is 5.85. The third-order valence-corrected chi connectivity index (χ3v) is 2.69. The first kappa shape index (κ1) is 18.1. The number of hydrogen-bond acceptors (Lipinski definition) is 2. The van der Waals surface area contributed by atoms with E-state index < -0.39 is 23.6 Å². The Morgan fingerprint density at radius 2 is 1.79 bits per heavy atom. The van der Waals surface area contributed by atoms with E-state index in [1.165, 1.54) is 0 Å². The van der Waals surface area contributed by atoms with Gasteiger partial charge in [0.25, 0.3) is 0 Å². The molecule has 110 valence electrons. The Kier molecular flexibility index (Phi) is 7.33. The maximum absolute atomic E-state index is 13.4. The first-order valence-electron chi connectivity index (χ1n) is 5.68. The van der Waals surface area contributed by atoms with E-state index in [4.69, 9.17) is 11.5 Å². The Morgan fingerprint density at radius 3 is 2.32 bits per heavy atom. The van der Waals surface area contributed by atoms with Gasteiger partial charge in [-0.2, -0.15) is 13.2 Å². The van der Waals surface area contributed by atoms with Gasteiger partial charge in [0, 0.05) is 11.6 Å². The predicted molar refractivity (Wildman–Crippen MR) is 68.5 cm³/mol. The van der Waals surface area contributed by atoms with E-state index in [1.54, 1.807) is 0 Å². The largest absolute Gasteiger partial charge is 0.416 e. The van der Waals surface area contributed by atoms with Crippen LogP contribution in [-0.2, 0) is 6.18 Å². The van der Waals surface area contributed by atoms with Crippen molar-refractivity contribution in [1.29, 1.82) is 0 Å². The van der Waals surface area contributed by atoms with Crippen molar-refractivity contribution in [3.63, 3.8) is 0 Å². The number of unbranched alkanes of at least 4 members (excludes halogenated alkanes) is 1. The van der Waals surface area contributed by atoms with Crippen molar-refractivity contribution in [2.24, 2.45) is 11.5 Å². The first-order chi connectivity index (χ1) is 8.36. The van der Waals surface area contributed by atoms with E-state index in [2.05, 4.69) is 0 Å². The number of rotatable bonds is 5. The summed E-state index contributed by atoms with van der Waals surface area (Å²) in [6.07, 6.45) is -2.70. The Morgan fingerprint density at radius 1 is 1.16 bits per heavy atom. The number of alkyl halides is 3. The molecule has 1 aromatic carbocycles.